The Hall–Kier alpha value is -1.36. The van der Waals surface area contributed by atoms with Crippen LogP contribution in [0.15, 0.2) is 21.9 Å². The third kappa shape index (κ3) is 3.06. The predicted molar refractivity (Wildman–Crippen MR) is 57.1 cm³/mol. The highest BCUT2D eigenvalue weighted by molar-refractivity contribution is 4.85. The Morgan fingerprint density at radius 2 is 2.13 bits per heavy atom. The minimum Gasteiger partial charge on any atom is -0.382 e. The first-order valence-corrected chi connectivity index (χ1v) is 5.01. The highest BCUT2D eigenvalue weighted by atomic mass is 16.5. The summed E-state index contributed by atoms with van der Waals surface area (Å²) in [6.07, 6.45) is 2.15. The summed E-state index contributed by atoms with van der Waals surface area (Å²) in [5.74, 6) is 0. The van der Waals surface area contributed by atoms with E-state index in [9.17, 15) is 9.59 Å². The maximum absolute atomic E-state index is 11.5. The molecule has 5 heteroatoms. The lowest BCUT2D eigenvalue weighted by Gasteiger charge is -2.06. The van der Waals surface area contributed by atoms with Gasteiger partial charge in [-0.2, -0.15) is 0 Å². The van der Waals surface area contributed by atoms with E-state index in [1.165, 1.54) is 21.4 Å². The predicted octanol–water partition coefficient (Wildman–Crippen LogP) is -0.0264. The molecule has 0 spiro atoms. The van der Waals surface area contributed by atoms with Crippen LogP contribution in [0.25, 0.3) is 0 Å². The molecule has 1 rings (SSSR count). The van der Waals surface area contributed by atoms with E-state index in [-0.39, 0.29) is 11.2 Å². The largest absolute Gasteiger partial charge is 0.382 e. The third-order valence-electron chi connectivity index (χ3n) is 2.11. The van der Waals surface area contributed by atoms with Crippen molar-refractivity contribution < 1.29 is 4.74 Å². The van der Waals surface area contributed by atoms with Gasteiger partial charge in [0.2, 0.25) is 0 Å². The van der Waals surface area contributed by atoms with Crippen molar-refractivity contribution in [1.29, 1.82) is 0 Å². The van der Waals surface area contributed by atoms with E-state index >= 15 is 0 Å². The van der Waals surface area contributed by atoms with Crippen LogP contribution >= 0.6 is 0 Å². The fraction of sp³-hybridized carbons (Fsp3) is 0.600. The van der Waals surface area contributed by atoms with Gasteiger partial charge < -0.3 is 9.30 Å². The average Bonchev–Trinajstić information content (AvgIpc) is 2.23. The number of hydrogen-bond acceptors (Lipinski definition) is 3. The van der Waals surface area contributed by atoms with Gasteiger partial charge in [0.05, 0.1) is 0 Å². The molecule has 5 nitrogen and oxygen atoms in total. The molecule has 0 amide bonds. The summed E-state index contributed by atoms with van der Waals surface area (Å²) >= 11 is 0. The van der Waals surface area contributed by atoms with Crippen molar-refractivity contribution in [2.75, 3.05) is 13.2 Å². The molecular formula is C10H16N2O3. The standard InChI is InChI=1S/C10H16N2O3/c1-3-15-8-4-6-12-9(13)5-7-11(2)10(12)14/h5,7H,3-4,6,8H2,1-2H3. The zero-order chi connectivity index (χ0) is 11.3. The van der Waals surface area contributed by atoms with Crippen molar-refractivity contribution in [2.45, 2.75) is 19.9 Å². The van der Waals surface area contributed by atoms with Gasteiger partial charge in [0, 0.05) is 39.1 Å². The van der Waals surface area contributed by atoms with Crippen LogP contribution in [0, 0.1) is 0 Å². The van der Waals surface area contributed by atoms with Gasteiger partial charge in [-0.3, -0.25) is 9.36 Å². The maximum atomic E-state index is 11.5. The topological polar surface area (TPSA) is 53.2 Å². The monoisotopic (exact) mass is 212 g/mol. The second-order valence-corrected chi connectivity index (χ2v) is 3.25. The quantitative estimate of drug-likeness (QED) is 0.644. The fourth-order valence-corrected chi connectivity index (χ4v) is 1.29. The van der Waals surface area contributed by atoms with Crippen LogP contribution in [-0.2, 0) is 18.3 Å². The summed E-state index contributed by atoms with van der Waals surface area (Å²) in [5.41, 5.74) is -0.534. The minimum atomic E-state index is -0.279. The zero-order valence-electron chi connectivity index (χ0n) is 9.10. The summed E-state index contributed by atoms with van der Waals surface area (Å²) in [7, 11) is 1.63. The molecule has 0 fully saturated rings. The molecule has 0 aliphatic heterocycles. The lowest BCUT2D eigenvalue weighted by Crippen LogP contribution is -2.38. The Morgan fingerprint density at radius 3 is 2.80 bits per heavy atom. The van der Waals surface area contributed by atoms with Crippen LogP contribution in [0.1, 0.15) is 13.3 Å². The van der Waals surface area contributed by atoms with Gasteiger partial charge in [-0.05, 0) is 13.3 Å². The average molecular weight is 212 g/mol. The van der Waals surface area contributed by atoms with E-state index in [0.29, 0.717) is 26.2 Å². The normalized spacial score (nSPS) is 10.5. The van der Waals surface area contributed by atoms with E-state index in [4.69, 9.17) is 4.74 Å². The molecular weight excluding hydrogens is 196 g/mol. The Labute approximate surface area is 87.9 Å². The third-order valence-corrected chi connectivity index (χ3v) is 2.11. The molecule has 0 bridgehead atoms. The van der Waals surface area contributed by atoms with Crippen molar-refractivity contribution in [2.24, 2.45) is 7.05 Å². The Balaban J connectivity index is 2.72. The minimum absolute atomic E-state index is 0.255. The van der Waals surface area contributed by atoms with Crippen LogP contribution in [0.2, 0.25) is 0 Å². The number of aryl methyl sites for hydroxylation is 1. The first-order chi connectivity index (χ1) is 7.16. The zero-order valence-corrected chi connectivity index (χ0v) is 9.10. The van der Waals surface area contributed by atoms with Crippen molar-refractivity contribution in [3.05, 3.63) is 33.1 Å². The van der Waals surface area contributed by atoms with Crippen molar-refractivity contribution in [3.63, 3.8) is 0 Å². The van der Waals surface area contributed by atoms with Gasteiger partial charge in [-0.15, -0.1) is 0 Å². The lowest BCUT2D eigenvalue weighted by atomic mass is 10.4. The van der Waals surface area contributed by atoms with Crippen molar-refractivity contribution >= 4 is 0 Å². The molecule has 0 unspecified atom stereocenters. The molecule has 0 saturated carbocycles. The molecule has 1 aromatic rings. The molecule has 0 N–H and O–H groups in total. The van der Waals surface area contributed by atoms with Crippen molar-refractivity contribution in [3.8, 4) is 0 Å². The van der Waals surface area contributed by atoms with Gasteiger partial charge >= 0.3 is 5.69 Å². The Morgan fingerprint density at radius 1 is 1.40 bits per heavy atom. The smallest absolute Gasteiger partial charge is 0.330 e. The Bertz CT molecular complexity index is 419. The number of rotatable bonds is 5. The van der Waals surface area contributed by atoms with E-state index in [1.54, 1.807) is 7.05 Å². The van der Waals surface area contributed by atoms with Crippen LogP contribution in [0.5, 0.6) is 0 Å². The maximum Gasteiger partial charge on any atom is 0.330 e. The second kappa shape index (κ2) is 5.50. The fourth-order valence-electron chi connectivity index (χ4n) is 1.29. The van der Waals surface area contributed by atoms with Gasteiger partial charge in [0.1, 0.15) is 0 Å². The molecule has 0 radical (unpaired) electrons. The second-order valence-electron chi connectivity index (χ2n) is 3.25. The van der Waals surface area contributed by atoms with Gasteiger partial charge in [0.25, 0.3) is 5.56 Å². The molecule has 84 valence electrons. The molecule has 0 aromatic carbocycles. The number of hydrogen-bond donors (Lipinski definition) is 0. The summed E-state index contributed by atoms with van der Waals surface area (Å²) in [5, 5.41) is 0. The van der Waals surface area contributed by atoms with Crippen LogP contribution < -0.4 is 11.2 Å². The summed E-state index contributed by atoms with van der Waals surface area (Å²) in [4.78, 5) is 22.9. The highest BCUT2D eigenvalue weighted by Crippen LogP contribution is 1.85. The number of ether oxygens (including phenoxy) is 1. The van der Waals surface area contributed by atoms with Gasteiger partial charge in [-0.25, -0.2) is 4.79 Å². The van der Waals surface area contributed by atoms with E-state index in [2.05, 4.69) is 0 Å². The molecule has 1 aromatic heterocycles. The molecule has 0 saturated heterocycles. The lowest BCUT2D eigenvalue weighted by molar-refractivity contribution is 0.141. The SMILES string of the molecule is CCOCCCn1c(=O)ccn(C)c1=O. The van der Waals surface area contributed by atoms with Crippen molar-refractivity contribution in [1.82, 2.24) is 9.13 Å². The molecule has 0 aliphatic rings. The van der Waals surface area contributed by atoms with Crippen LogP contribution in [0.3, 0.4) is 0 Å². The first kappa shape index (κ1) is 11.7. The molecule has 1 heterocycles. The number of aromatic nitrogens is 2. The van der Waals surface area contributed by atoms with E-state index in [1.807, 2.05) is 6.92 Å². The molecule has 0 aliphatic carbocycles. The Kier molecular flexibility index (Phi) is 4.30. The number of nitrogens with zero attached hydrogens (tertiary/aromatic N) is 2. The van der Waals surface area contributed by atoms with E-state index < -0.39 is 0 Å². The van der Waals surface area contributed by atoms with Gasteiger partial charge in [-0.1, -0.05) is 0 Å². The van der Waals surface area contributed by atoms with Crippen LogP contribution in [0.4, 0.5) is 0 Å². The van der Waals surface area contributed by atoms with Gasteiger partial charge in [0.15, 0.2) is 0 Å². The highest BCUT2D eigenvalue weighted by Gasteiger charge is 2.01. The molecule has 0 atom stereocenters. The molecule has 15 heavy (non-hydrogen) atoms. The van der Waals surface area contributed by atoms with Crippen LogP contribution in [-0.4, -0.2) is 22.3 Å². The summed E-state index contributed by atoms with van der Waals surface area (Å²) in [6, 6.07) is 1.39. The summed E-state index contributed by atoms with van der Waals surface area (Å²) in [6.45, 7) is 3.54. The van der Waals surface area contributed by atoms with E-state index in [0.717, 1.165) is 0 Å². The first-order valence-electron chi connectivity index (χ1n) is 5.01. The summed E-state index contributed by atoms with van der Waals surface area (Å²) < 4.78 is 7.75.